The molecule has 3 aliphatic rings. The van der Waals surface area contributed by atoms with Crippen LogP contribution in [0.15, 0.2) is 6.33 Å². The average molecular weight is 285 g/mol. The van der Waals surface area contributed by atoms with Gasteiger partial charge in [-0.3, -0.25) is 0 Å². The lowest BCUT2D eigenvalue weighted by Gasteiger charge is -2.43. The largest absolute Gasteiger partial charge is 0.366 e. The molecule has 2 bridgehead atoms. The minimum absolute atomic E-state index is 0.375. The molecule has 4 rings (SSSR count). The van der Waals surface area contributed by atoms with Gasteiger partial charge in [-0.25, -0.2) is 9.97 Å². The molecule has 114 valence electrons. The molecule has 0 radical (unpaired) electrons. The first-order valence-corrected chi connectivity index (χ1v) is 8.60. The van der Waals surface area contributed by atoms with Gasteiger partial charge >= 0.3 is 0 Å². The van der Waals surface area contributed by atoms with E-state index in [1.807, 2.05) is 0 Å². The first kappa shape index (κ1) is 13.5. The quantitative estimate of drug-likeness (QED) is 0.893. The van der Waals surface area contributed by atoms with Crippen molar-refractivity contribution in [1.29, 1.82) is 0 Å². The zero-order valence-electron chi connectivity index (χ0n) is 13.6. The predicted molar refractivity (Wildman–Crippen MR) is 85.3 cm³/mol. The number of aromatic nitrogens is 2. The molecule has 0 spiro atoms. The molecule has 3 atom stereocenters. The second kappa shape index (κ2) is 4.44. The molecule has 3 aliphatic carbocycles. The highest BCUT2D eigenvalue weighted by Gasteiger charge is 2.59. The van der Waals surface area contributed by atoms with Crippen LogP contribution < -0.4 is 5.32 Å². The van der Waals surface area contributed by atoms with E-state index in [9.17, 15) is 0 Å². The molecular weight excluding hydrogens is 258 g/mol. The molecular formula is C18H27N3. The van der Waals surface area contributed by atoms with Crippen molar-refractivity contribution >= 4 is 5.82 Å². The number of rotatable bonds is 2. The van der Waals surface area contributed by atoms with E-state index in [-0.39, 0.29) is 0 Å². The third-order valence-corrected chi connectivity index (χ3v) is 6.68. The smallest absolute Gasteiger partial charge is 0.133 e. The van der Waals surface area contributed by atoms with Crippen molar-refractivity contribution in [3.63, 3.8) is 0 Å². The lowest BCUT2D eigenvalue weighted by atomic mass is 9.68. The SMILES string of the molecule is CC12CCC(C1)C(C)(C)C2Nc1ncnc2c1CCCC2. The molecule has 1 aromatic rings. The van der Waals surface area contributed by atoms with Crippen molar-refractivity contribution in [2.45, 2.75) is 71.8 Å². The van der Waals surface area contributed by atoms with Crippen molar-refractivity contribution in [2.75, 3.05) is 5.32 Å². The standard InChI is InChI=1S/C18H27N3/c1-17(2)12-8-9-18(3,10-12)16(17)21-15-13-6-4-5-7-14(13)19-11-20-15/h11-12,16H,4-10H2,1-3H3,(H,19,20,21). The molecule has 1 aromatic heterocycles. The summed E-state index contributed by atoms with van der Waals surface area (Å²) in [5, 5.41) is 3.88. The molecule has 21 heavy (non-hydrogen) atoms. The summed E-state index contributed by atoms with van der Waals surface area (Å²) >= 11 is 0. The van der Waals surface area contributed by atoms with Gasteiger partial charge in [0.15, 0.2) is 0 Å². The Bertz CT molecular complexity index is 561. The van der Waals surface area contributed by atoms with E-state index in [4.69, 9.17) is 0 Å². The van der Waals surface area contributed by atoms with Gasteiger partial charge in [0.1, 0.15) is 12.1 Å². The second-order valence-electron chi connectivity index (χ2n) is 8.35. The van der Waals surface area contributed by atoms with Crippen LogP contribution in [0.2, 0.25) is 0 Å². The Hall–Kier alpha value is -1.12. The molecule has 0 aliphatic heterocycles. The van der Waals surface area contributed by atoms with Crippen LogP contribution in [0.4, 0.5) is 5.82 Å². The highest BCUT2D eigenvalue weighted by molar-refractivity contribution is 5.49. The van der Waals surface area contributed by atoms with Crippen LogP contribution in [0.25, 0.3) is 0 Å². The average Bonchev–Trinajstić information content (AvgIpc) is 2.95. The maximum atomic E-state index is 4.61. The zero-order valence-corrected chi connectivity index (χ0v) is 13.6. The summed E-state index contributed by atoms with van der Waals surface area (Å²) in [6, 6.07) is 0.546. The Morgan fingerprint density at radius 2 is 1.95 bits per heavy atom. The third-order valence-electron chi connectivity index (χ3n) is 6.68. The van der Waals surface area contributed by atoms with Gasteiger partial charge in [-0.1, -0.05) is 20.8 Å². The molecule has 3 nitrogen and oxygen atoms in total. The molecule has 0 aromatic carbocycles. The number of nitrogens with one attached hydrogen (secondary N) is 1. The lowest BCUT2D eigenvalue weighted by molar-refractivity contribution is 0.155. The van der Waals surface area contributed by atoms with Gasteiger partial charge in [0.05, 0.1) is 0 Å². The number of hydrogen-bond donors (Lipinski definition) is 1. The summed E-state index contributed by atoms with van der Waals surface area (Å²) in [7, 11) is 0. The molecule has 0 amide bonds. The van der Waals surface area contributed by atoms with E-state index >= 15 is 0 Å². The predicted octanol–water partition coefficient (Wildman–Crippen LogP) is 3.98. The van der Waals surface area contributed by atoms with E-state index in [2.05, 4.69) is 36.1 Å². The maximum absolute atomic E-state index is 4.61. The maximum Gasteiger partial charge on any atom is 0.133 e. The van der Waals surface area contributed by atoms with E-state index in [1.165, 1.54) is 43.4 Å². The van der Waals surface area contributed by atoms with Gasteiger partial charge in [-0.15, -0.1) is 0 Å². The van der Waals surface area contributed by atoms with E-state index < -0.39 is 0 Å². The number of hydrogen-bond acceptors (Lipinski definition) is 3. The summed E-state index contributed by atoms with van der Waals surface area (Å²) in [6.07, 6.45) is 10.7. The highest BCUT2D eigenvalue weighted by atomic mass is 15.1. The van der Waals surface area contributed by atoms with E-state index in [0.717, 1.165) is 24.6 Å². The van der Waals surface area contributed by atoms with Crippen LogP contribution in [0.5, 0.6) is 0 Å². The Balaban J connectivity index is 1.67. The summed E-state index contributed by atoms with van der Waals surface area (Å²) in [4.78, 5) is 9.12. The third kappa shape index (κ3) is 1.92. The molecule has 1 N–H and O–H groups in total. The minimum Gasteiger partial charge on any atom is -0.366 e. The number of nitrogens with zero attached hydrogens (tertiary/aromatic N) is 2. The second-order valence-corrected chi connectivity index (χ2v) is 8.35. The van der Waals surface area contributed by atoms with Crippen LogP contribution in [0.1, 0.15) is 64.1 Å². The zero-order chi connectivity index (χ0) is 14.7. The molecule has 1 heterocycles. The summed E-state index contributed by atoms with van der Waals surface area (Å²) in [5.74, 6) is 2.00. The van der Waals surface area contributed by atoms with Gasteiger partial charge < -0.3 is 5.32 Å². The molecule has 2 fully saturated rings. The van der Waals surface area contributed by atoms with Crippen molar-refractivity contribution < 1.29 is 0 Å². The Labute approximate surface area is 128 Å². The number of fused-ring (bicyclic) bond motifs is 3. The molecule has 2 saturated carbocycles. The van der Waals surface area contributed by atoms with Crippen LogP contribution >= 0.6 is 0 Å². The van der Waals surface area contributed by atoms with Gasteiger partial charge in [0.2, 0.25) is 0 Å². The Morgan fingerprint density at radius 1 is 1.14 bits per heavy atom. The van der Waals surface area contributed by atoms with E-state index in [0.29, 0.717) is 16.9 Å². The molecule has 3 unspecified atom stereocenters. The van der Waals surface area contributed by atoms with Crippen LogP contribution in [-0.2, 0) is 12.8 Å². The molecule has 0 saturated heterocycles. The first-order chi connectivity index (χ1) is 10.0. The van der Waals surface area contributed by atoms with E-state index in [1.54, 1.807) is 6.33 Å². The van der Waals surface area contributed by atoms with Gasteiger partial charge in [-0.05, 0) is 61.7 Å². The fourth-order valence-electron chi connectivity index (χ4n) is 5.44. The van der Waals surface area contributed by atoms with Gasteiger partial charge in [0.25, 0.3) is 0 Å². The van der Waals surface area contributed by atoms with Crippen molar-refractivity contribution in [3.8, 4) is 0 Å². The topological polar surface area (TPSA) is 37.8 Å². The van der Waals surface area contributed by atoms with Crippen LogP contribution in [0, 0.1) is 16.7 Å². The minimum atomic E-state index is 0.375. The highest BCUT2D eigenvalue weighted by Crippen LogP contribution is 2.63. The van der Waals surface area contributed by atoms with Gasteiger partial charge in [-0.2, -0.15) is 0 Å². The molecule has 3 heteroatoms. The fraction of sp³-hybridized carbons (Fsp3) is 0.778. The van der Waals surface area contributed by atoms with Crippen molar-refractivity contribution in [2.24, 2.45) is 16.7 Å². The van der Waals surface area contributed by atoms with Crippen molar-refractivity contribution in [1.82, 2.24) is 9.97 Å². The Morgan fingerprint density at radius 3 is 2.71 bits per heavy atom. The van der Waals surface area contributed by atoms with Gasteiger partial charge in [0, 0.05) is 17.3 Å². The normalized spacial score (nSPS) is 36.5. The first-order valence-electron chi connectivity index (χ1n) is 8.60. The Kier molecular flexibility index (Phi) is 2.86. The number of aryl methyl sites for hydroxylation is 1. The summed E-state index contributed by atoms with van der Waals surface area (Å²) in [5.41, 5.74) is 3.50. The fourth-order valence-corrected chi connectivity index (χ4v) is 5.44. The summed E-state index contributed by atoms with van der Waals surface area (Å²) in [6.45, 7) is 7.38. The monoisotopic (exact) mass is 285 g/mol. The lowest BCUT2D eigenvalue weighted by Crippen LogP contribution is -2.46. The van der Waals surface area contributed by atoms with Crippen molar-refractivity contribution in [3.05, 3.63) is 17.6 Å². The number of anilines is 1. The summed E-state index contributed by atoms with van der Waals surface area (Å²) < 4.78 is 0. The van der Waals surface area contributed by atoms with Crippen LogP contribution in [-0.4, -0.2) is 16.0 Å². The van der Waals surface area contributed by atoms with Crippen LogP contribution in [0.3, 0.4) is 0 Å².